The van der Waals surface area contributed by atoms with E-state index in [9.17, 15) is 0 Å². The first-order valence-corrected chi connectivity index (χ1v) is 7.30. The Hall–Kier alpha value is -1.74. The third kappa shape index (κ3) is 3.05. The molecule has 2 rings (SSSR count). The van der Waals surface area contributed by atoms with Crippen molar-refractivity contribution in [3.8, 4) is 0 Å². The second-order valence-corrected chi connectivity index (χ2v) is 5.04. The summed E-state index contributed by atoms with van der Waals surface area (Å²) in [6, 6.07) is 12.8. The van der Waals surface area contributed by atoms with Crippen molar-refractivity contribution in [3.63, 3.8) is 0 Å². The van der Waals surface area contributed by atoms with Gasteiger partial charge in [-0.1, -0.05) is 26.0 Å². The summed E-state index contributed by atoms with van der Waals surface area (Å²) in [5.41, 5.74) is 8.45. The van der Waals surface area contributed by atoms with Crippen LogP contribution in [0.2, 0.25) is 0 Å². The zero-order valence-electron chi connectivity index (χ0n) is 12.6. The van der Waals surface area contributed by atoms with Gasteiger partial charge in [-0.15, -0.1) is 0 Å². The minimum atomic E-state index is 0.0720. The standard InChI is InChI=1S/C17H24N2O/c1-4-13-6-8-14(9-7-13)19(3)16(12-18)17-11-10-15(5-2)20-17/h6-11,16H,4-5,12,18H2,1-3H3. The molecule has 2 aromatic rings. The van der Waals surface area contributed by atoms with Gasteiger partial charge in [0, 0.05) is 25.7 Å². The minimum Gasteiger partial charge on any atom is -0.464 e. The summed E-state index contributed by atoms with van der Waals surface area (Å²) in [6.45, 7) is 4.78. The van der Waals surface area contributed by atoms with Crippen molar-refractivity contribution in [1.29, 1.82) is 0 Å². The molecule has 1 heterocycles. The third-order valence-corrected chi connectivity index (χ3v) is 3.80. The van der Waals surface area contributed by atoms with Crippen LogP contribution in [0.5, 0.6) is 0 Å². The summed E-state index contributed by atoms with van der Waals surface area (Å²) in [4.78, 5) is 2.18. The lowest BCUT2D eigenvalue weighted by Gasteiger charge is -2.27. The molecule has 0 amide bonds. The molecule has 2 N–H and O–H groups in total. The van der Waals surface area contributed by atoms with E-state index < -0.39 is 0 Å². The van der Waals surface area contributed by atoms with Crippen LogP contribution in [0.1, 0.15) is 37.0 Å². The largest absolute Gasteiger partial charge is 0.464 e. The van der Waals surface area contributed by atoms with Gasteiger partial charge < -0.3 is 15.1 Å². The van der Waals surface area contributed by atoms with Crippen LogP contribution < -0.4 is 10.6 Å². The van der Waals surface area contributed by atoms with E-state index in [0.29, 0.717) is 6.54 Å². The summed E-state index contributed by atoms with van der Waals surface area (Å²) in [6.07, 6.45) is 1.97. The van der Waals surface area contributed by atoms with Crippen LogP contribution in [0.3, 0.4) is 0 Å². The van der Waals surface area contributed by atoms with E-state index in [1.165, 1.54) is 5.56 Å². The lowest BCUT2D eigenvalue weighted by atomic mass is 10.1. The number of benzene rings is 1. The van der Waals surface area contributed by atoms with Crippen LogP contribution >= 0.6 is 0 Å². The lowest BCUT2D eigenvalue weighted by Crippen LogP contribution is -2.30. The zero-order chi connectivity index (χ0) is 14.5. The summed E-state index contributed by atoms with van der Waals surface area (Å²) >= 11 is 0. The van der Waals surface area contributed by atoms with Gasteiger partial charge >= 0.3 is 0 Å². The molecule has 1 aromatic carbocycles. The molecule has 3 heteroatoms. The molecule has 1 unspecified atom stereocenters. The molecule has 0 aliphatic rings. The Morgan fingerprint density at radius 1 is 1.05 bits per heavy atom. The van der Waals surface area contributed by atoms with Gasteiger partial charge in [-0.25, -0.2) is 0 Å². The molecule has 0 fully saturated rings. The van der Waals surface area contributed by atoms with Gasteiger partial charge in [0.1, 0.15) is 11.5 Å². The predicted molar refractivity (Wildman–Crippen MR) is 84.1 cm³/mol. The molecule has 0 aliphatic heterocycles. The monoisotopic (exact) mass is 272 g/mol. The highest BCUT2D eigenvalue weighted by Crippen LogP contribution is 2.26. The average molecular weight is 272 g/mol. The number of furan rings is 1. The normalized spacial score (nSPS) is 12.4. The van der Waals surface area contributed by atoms with Crippen molar-refractivity contribution in [2.24, 2.45) is 5.73 Å². The quantitative estimate of drug-likeness (QED) is 0.874. The number of nitrogens with two attached hydrogens (primary N) is 1. The second kappa shape index (κ2) is 6.62. The second-order valence-electron chi connectivity index (χ2n) is 5.04. The maximum Gasteiger partial charge on any atom is 0.127 e. The molecule has 20 heavy (non-hydrogen) atoms. The van der Waals surface area contributed by atoms with Gasteiger partial charge in [0.25, 0.3) is 0 Å². The van der Waals surface area contributed by atoms with E-state index in [2.05, 4.69) is 50.1 Å². The fraction of sp³-hybridized carbons (Fsp3) is 0.412. The SMILES string of the molecule is CCc1ccc(N(C)C(CN)c2ccc(CC)o2)cc1. The van der Waals surface area contributed by atoms with Crippen molar-refractivity contribution < 1.29 is 4.42 Å². The van der Waals surface area contributed by atoms with Crippen molar-refractivity contribution in [1.82, 2.24) is 0 Å². The van der Waals surface area contributed by atoms with E-state index in [0.717, 1.165) is 30.0 Å². The van der Waals surface area contributed by atoms with Crippen molar-refractivity contribution in [2.75, 3.05) is 18.5 Å². The smallest absolute Gasteiger partial charge is 0.127 e. The van der Waals surface area contributed by atoms with Crippen LogP contribution in [-0.2, 0) is 12.8 Å². The molecule has 0 saturated carbocycles. The summed E-state index contributed by atoms with van der Waals surface area (Å²) in [7, 11) is 2.06. The average Bonchev–Trinajstić information content (AvgIpc) is 2.96. The Bertz CT molecular complexity index is 530. The number of hydrogen-bond donors (Lipinski definition) is 1. The number of likely N-dealkylation sites (N-methyl/N-ethyl adjacent to an activating group) is 1. The lowest BCUT2D eigenvalue weighted by molar-refractivity contribution is 0.431. The topological polar surface area (TPSA) is 42.4 Å². The van der Waals surface area contributed by atoms with Gasteiger partial charge in [0.2, 0.25) is 0 Å². The van der Waals surface area contributed by atoms with Crippen molar-refractivity contribution in [2.45, 2.75) is 32.7 Å². The highest BCUT2D eigenvalue weighted by molar-refractivity contribution is 5.48. The molecule has 0 saturated heterocycles. The fourth-order valence-electron chi connectivity index (χ4n) is 2.38. The molecule has 0 spiro atoms. The molecule has 0 bridgehead atoms. The number of hydrogen-bond acceptors (Lipinski definition) is 3. The highest BCUT2D eigenvalue weighted by atomic mass is 16.3. The number of nitrogens with zero attached hydrogens (tertiary/aromatic N) is 1. The first-order chi connectivity index (χ1) is 9.69. The van der Waals surface area contributed by atoms with Crippen molar-refractivity contribution >= 4 is 5.69 Å². The molecule has 0 radical (unpaired) electrons. The van der Waals surface area contributed by atoms with Crippen LogP contribution in [0.25, 0.3) is 0 Å². The van der Waals surface area contributed by atoms with E-state index in [-0.39, 0.29) is 6.04 Å². The molecule has 0 aliphatic carbocycles. The van der Waals surface area contributed by atoms with Gasteiger partial charge in [-0.05, 0) is 36.2 Å². The number of rotatable bonds is 6. The Morgan fingerprint density at radius 2 is 1.75 bits per heavy atom. The van der Waals surface area contributed by atoms with Crippen LogP contribution in [0.15, 0.2) is 40.8 Å². The minimum absolute atomic E-state index is 0.0720. The fourth-order valence-corrected chi connectivity index (χ4v) is 2.38. The van der Waals surface area contributed by atoms with E-state index >= 15 is 0 Å². The van der Waals surface area contributed by atoms with Crippen LogP contribution in [0, 0.1) is 0 Å². The molecule has 1 aromatic heterocycles. The van der Waals surface area contributed by atoms with Crippen LogP contribution in [0.4, 0.5) is 5.69 Å². The highest BCUT2D eigenvalue weighted by Gasteiger charge is 2.19. The molecule has 3 nitrogen and oxygen atoms in total. The summed E-state index contributed by atoms with van der Waals surface area (Å²) in [5, 5.41) is 0. The Kier molecular flexibility index (Phi) is 4.85. The maximum absolute atomic E-state index is 5.95. The van der Waals surface area contributed by atoms with Gasteiger partial charge in [-0.3, -0.25) is 0 Å². The summed E-state index contributed by atoms with van der Waals surface area (Å²) in [5.74, 6) is 1.94. The van der Waals surface area contributed by atoms with E-state index in [4.69, 9.17) is 10.2 Å². The predicted octanol–water partition coefficient (Wildman–Crippen LogP) is 3.54. The Morgan fingerprint density at radius 3 is 2.25 bits per heavy atom. The van der Waals surface area contributed by atoms with Gasteiger partial charge in [0.15, 0.2) is 0 Å². The molecule has 108 valence electrons. The summed E-state index contributed by atoms with van der Waals surface area (Å²) < 4.78 is 5.85. The van der Waals surface area contributed by atoms with Crippen LogP contribution in [-0.4, -0.2) is 13.6 Å². The Balaban J connectivity index is 2.21. The molecular formula is C17H24N2O. The molecular weight excluding hydrogens is 248 g/mol. The molecule has 1 atom stereocenters. The van der Waals surface area contributed by atoms with E-state index in [1.54, 1.807) is 0 Å². The number of aryl methyl sites for hydroxylation is 2. The third-order valence-electron chi connectivity index (χ3n) is 3.80. The van der Waals surface area contributed by atoms with Gasteiger partial charge in [0.05, 0.1) is 6.04 Å². The van der Waals surface area contributed by atoms with Gasteiger partial charge in [-0.2, -0.15) is 0 Å². The maximum atomic E-state index is 5.95. The first-order valence-electron chi connectivity index (χ1n) is 7.30. The number of anilines is 1. The van der Waals surface area contributed by atoms with Crippen molar-refractivity contribution in [3.05, 3.63) is 53.5 Å². The Labute approximate surface area is 121 Å². The van der Waals surface area contributed by atoms with E-state index in [1.807, 2.05) is 12.1 Å². The zero-order valence-corrected chi connectivity index (χ0v) is 12.6. The first kappa shape index (κ1) is 14.7.